The van der Waals surface area contributed by atoms with Crippen molar-refractivity contribution < 1.29 is 22.4 Å². The number of halogens is 5. The van der Waals surface area contributed by atoms with Crippen molar-refractivity contribution in [2.75, 3.05) is 13.6 Å². The highest BCUT2D eigenvalue weighted by Crippen LogP contribution is 2.34. The van der Waals surface area contributed by atoms with E-state index in [-0.39, 0.29) is 51.8 Å². The molecule has 0 fully saturated rings. The minimum atomic E-state index is -4.69. The van der Waals surface area contributed by atoms with Gasteiger partial charge in [0, 0.05) is 42.7 Å². The van der Waals surface area contributed by atoms with Crippen LogP contribution in [-0.4, -0.2) is 51.1 Å². The van der Waals surface area contributed by atoms with Gasteiger partial charge in [0.05, 0.1) is 34.7 Å². The summed E-state index contributed by atoms with van der Waals surface area (Å²) in [5.41, 5.74) is 5.99. The number of amides is 1. The van der Waals surface area contributed by atoms with Gasteiger partial charge in [-0.15, -0.1) is 0 Å². The standard InChI is InChI=1S/C25H21ClF4N6O2/c1-12-22(31)15(23(32-2)18-10-33-11-19(35-18)25(28,29)30)5-6-36(12)24(38)17-8-14(27)7-16(21(17)26)13-3-4-20(37)34-9-13/h3-4,7-12H,5-6,31H2,1-2H3,(H,34,37)/t12-/m0/s1. The summed E-state index contributed by atoms with van der Waals surface area (Å²) in [6.45, 7) is 1.73. The molecule has 0 spiro atoms. The summed E-state index contributed by atoms with van der Waals surface area (Å²) in [6, 6.07) is 4.14. The fourth-order valence-electron chi connectivity index (χ4n) is 4.23. The number of H-pyrrole nitrogens is 1. The van der Waals surface area contributed by atoms with E-state index in [2.05, 4.69) is 19.9 Å². The number of rotatable bonds is 4. The maximum atomic E-state index is 14.5. The van der Waals surface area contributed by atoms with Gasteiger partial charge in [-0.05, 0) is 37.1 Å². The molecule has 0 radical (unpaired) electrons. The second kappa shape index (κ2) is 10.4. The van der Waals surface area contributed by atoms with Gasteiger partial charge in [-0.2, -0.15) is 13.2 Å². The predicted octanol–water partition coefficient (Wildman–Crippen LogP) is 4.21. The largest absolute Gasteiger partial charge is 0.434 e. The first kappa shape index (κ1) is 27.0. The maximum Gasteiger partial charge on any atom is 0.434 e. The van der Waals surface area contributed by atoms with Gasteiger partial charge < -0.3 is 15.6 Å². The number of pyridine rings is 1. The molecule has 1 atom stereocenters. The zero-order valence-corrected chi connectivity index (χ0v) is 20.9. The van der Waals surface area contributed by atoms with Crippen molar-refractivity contribution in [3.63, 3.8) is 0 Å². The average molecular weight is 549 g/mol. The minimum absolute atomic E-state index is 0.0148. The van der Waals surface area contributed by atoms with Gasteiger partial charge in [0.2, 0.25) is 5.56 Å². The first-order valence-electron chi connectivity index (χ1n) is 11.3. The number of hydrogen-bond donors (Lipinski definition) is 2. The van der Waals surface area contributed by atoms with Crippen LogP contribution in [0.5, 0.6) is 0 Å². The minimum Gasteiger partial charge on any atom is -0.400 e. The van der Waals surface area contributed by atoms with Crippen LogP contribution in [0.1, 0.15) is 35.1 Å². The smallest absolute Gasteiger partial charge is 0.400 e. The summed E-state index contributed by atoms with van der Waals surface area (Å²) >= 11 is 6.51. The van der Waals surface area contributed by atoms with Crippen molar-refractivity contribution in [1.82, 2.24) is 19.9 Å². The molecule has 1 aromatic carbocycles. The number of hydrogen-bond acceptors (Lipinski definition) is 6. The Balaban J connectivity index is 1.68. The number of aromatic nitrogens is 3. The van der Waals surface area contributed by atoms with Crippen LogP contribution in [0.25, 0.3) is 11.1 Å². The number of nitrogens with two attached hydrogens (primary N) is 1. The molecular formula is C25H21ClF4N6O2. The number of carbonyl (C=O) groups excluding carboxylic acids is 1. The van der Waals surface area contributed by atoms with Crippen molar-refractivity contribution in [3.8, 4) is 11.1 Å². The molecule has 0 aliphatic carbocycles. The van der Waals surface area contributed by atoms with Gasteiger partial charge in [-0.1, -0.05) is 11.6 Å². The lowest BCUT2D eigenvalue weighted by Crippen LogP contribution is -2.46. The van der Waals surface area contributed by atoms with Crippen LogP contribution in [0.15, 0.2) is 63.9 Å². The fourth-order valence-corrected chi connectivity index (χ4v) is 4.53. The van der Waals surface area contributed by atoms with Crippen LogP contribution in [-0.2, 0) is 6.18 Å². The zero-order chi connectivity index (χ0) is 27.8. The third kappa shape index (κ3) is 5.17. The Hall–Kier alpha value is -4.06. The molecule has 1 aliphatic rings. The van der Waals surface area contributed by atoms with Gasteiger partial charge in [-0.25, -0.2) is 9.37 Å². The van der Waals surface area contributed by atoms with E-state index in [1.54, 1.807) is 6.92 Å². The number of benzene rings is 1. The van der Waals surface area contributed by atoms with E-state index < -0.39 is 29.6 Å². The molecule has 1 amide bonds. The molecule has 8 nitrogen and oxygen atoms in total. The molecular weight excluding hydrogens is 528 g/mol. The molecule has 1 aliphatic heterocycles. The molecule has 38 heavy (non-hydrogen) atoms. The van der Waals surface area contributed by atoms with Crippen molar-refractivity contribution in [1.29, 1.82) is 0 Å². The molecule has 4 rings (SSSR count). The second-order valence-electron chi connectivity index (χ2n) is 8.47. The van der Waals surface area contributed by atoms with Crippen LogP contribution in [0, 0.1) is 5.82 Å². The quantitative estimate of drug-likeness (QED) is 0.374. The Morgan fingerprint density at radius 1 is 1.26 bits per heavy atom. The topological polar surface area (TPSA) is 117 Å². The van der Waals surface area contributed by atoms with Crippen molar-refractivity contribution >= 4 is 23.2 Å². The van der Waals surface area contributed by atoms with Crippen LogP contribution in [0.3, 0.4) is 0 Å². The van der Waals surface area contributed by atoms with E-state index in [0.717, 1.165) is 18.3 Å². The van der Waals surface area contributed by atoms with Gasteiger partial charge in [0.25, 0.3) is 5.91 Å². The monoisotopic (exact) mass is 548 g/mol. The lowest BCUT2D eigenvalue weighted by molar-refractivity contribution is -0.141. The maximum absolute atomic E-state index is 14.5. The molecule has 3 N–H and O–H groups in total. The number of nitrogens with one attached hydrogen (secondary N) is 1. The van der Waals surface area contributed by atoms with Gasteiger partial charge in [-0.3, -0.25) is 19.6 Å². The highest BCUT2D eigenvalue weighted by Gasteiger charge is 2.35. The van der Waals surface area contributed by atoms with Crippen LogP contribution < -0.4 is 11.3 Å². The molecule has 13 heteroatoms. The van der Waals surface area contributed by atoms with Crippen LogP contribution in [0.4, 0.5) is 17.6 Å². The Labute approximate surface area is 218 Å². The van der Waals surface area contributed by atoms with E-state index in [9.17, 15) is 27.2 Å². The third-order valence-corrected chi connectivity index (χ3v) is 6.58. The van der Waals surface area contributed by atoms with E-state index in [4.69, 9.17) is 17.3 Å². The fraction of sp³-hybridized carbons (Fsp3) is 0.240. The lowest BCUT2D eigenvalue weighted by Gasteiger charge is -2.36. The Morgan fingerprint density at radius 2 is 2.00 bits per heavy atom. The Kier molecular flexibility index (Phi) is 7.36. The SMILES string of the molecule is CN=C(C1=C(N)[C@H](C)N(C(=O)c2cc(F)cc(-c3ccc(=O)[nH]c3)c2Cl)CC1)c1cncc(C(F)(F)F)n1. The summed E-state index contributed by atoms with van der Waals surface area (Å²) in [5.74, 6) is -1.31. The molecule has 0 saturated heterocycles. The molecule has 198 valence electrons. The lowest BCUT2D eigenvalue weighted by atomic mass is 9.93. The highest BCUT2D eigenvalue weighted by atomic mass is 35.5. The number of aromatic amines is 1. The second-order valence-corrected chi connectivity index (χ2v) is 8.85. The molecule has 2 aromatic heterocycles. The van der Waals surface area contributed by atoms with Crippen molar-refractivity contribution in [2.45, 2.75) is 25.6 Å². The first-order valence-corrected chi connectivity index (χ1v) is 11.6. The Bertz CT molecular complexity index is 1510. The molecule has 0 bridgehead atoms. The first-order chi connectivity index (χ1) is 17.9. The summed E-state index contributed by atoms with van der Waals surface area (Å²) in [6.07, 6.45) is -1.42. The van der Waals surface area contributed by atoms with E-state index in [1.807, 2.05) is 0 Å². The van der Waals surface area contributed by atoms with Crippen LogP contribution in [0.2, 0.25) is 5.02 Å². The highest BCUT2D eigenvalue weighted by molar-refractivity contribution is 6.36. The third-order valence-electron chi connectivity index (χ3n) is 6.17. The number of alkyl halides is 3. The molecule has 0 saturated carbocycles. The van der Waals surface area contributed by atoms with Gasteiger partial charge in [0.15, 0.2) is 5.69 Å². The molecule has 3 heterocycles. The van der Waals surface area contributed by atoms with Gasteiger partial charge in [0.1, 0.15) is 11.5 Å². The zero-order valence-electron chi connectivity index (χ0n) is 20.1. The molecule has 0 unspecified atom stereocenters. The van der Waals surface area contributed by atoms with Crippen molar-refractivity contribution in [3.05, 3.63) is 92.3 Å². The van der Waals surface area contributed by atoms with E-state index >= 15 is 0 Å². The van der Waals surface area contributed by atoms with Crippen LogP contribution >= 0.6 is 11.6 Å². The summed E-state index contributed by atoms with van der Waals surface area (Å²) in [7, 11) is 1.39. The van der Waals surface area contributed by atoms with E-state index in [1.165, 1.54) is 30.3 Å². The number of carbonyl (C=O) groups is 1. The number of nitrogens with zero attached hydrogens (tertiary/aromatic N) is 4. The van der Waals surface area contributed by atoms with E-state index in [0.29, 0.717) is 17.3 Å². The number of aliphatic imine (C=N–C) groups is 1. The molecule has 3 aromatic rings. The predicted molar refractivity (Wildman–Crippen MR) is 133 cm³/mol. The Morgan fingerprint density at radius 3 is 2.63 bits per heavy atom. The summed E-state index contributed by atoms with van der Waals surface area (Å²) in [4.78, 5) is 40.2. The average Bonchev–Trinajstić information content (AvgIpc) is 2.88. The normalized spacial score (nSPS) is 16.7. The van der Waals surface area contributed by atoms with Gasteiger partial charge >= 0.3 is 6.18 Å². The summed E-state index contributed by atoms with van der Waals surface area (Å²) < 4.78 is 54.0. The van der Waals surface area contributed by atoms with Crippen molar-refractivity contribution in [2.24, 2.45) is 10.7 Å². The summed E-state index contributed by atoms with van der Waals surface area (Å²) in [5, 5.41) is -0.0148.